The summed E-state index contributed by atoms with van der Waals surface area (Å²) in [5, 5.41) is 16.3. The van der Waals surface area contributed by atoms with Crippen molar-refractivity contribution < 1.29 is 14.7 Å². The zero-order chi connectivity index (χ0) is 18.0. The predicted molar refractivity (Wildman–Crippen MR) is 93.1 cm³/mol. The largest absolute Gasteiger partial charge is 0.395 e. The van der Waals surface area contributed by atoms with Gasteiger partial charge >= 0.3 is 0 Å². The van der Waals surface area contributed by atoms with E-state index >= 15 is 0 Å². The first-order valence-corrected chi connectivity index (χ1v) is 9.17. The Labute approximate surface area is 148 Å². The maximum Gasteiger partial charge on any atom is 0.274 e. The Hall–Kier alpha value is -1.89. The smallest absolute Gasteiger partial charge is 0.274 e. The molecule has 3 rings (SSSR count). The van der Waals surface area contributed by atoms with Crippen LogP contribution in [0, 0.1) is 5.41 Å². The molecule has 2 amide bonds. The lowest BCUT2D eigenvalue weighted by Gasteiger charge is -2.47. The van der Waals surface area contributed by atoms with Crippen LogP contribution in [0.4, 0.5) is 0 Å². The predicted octanol–water partition coefficient (Wildman–Crippen LogP) is 1.37. The number of aromatic amines is 1. The summed E-state index contributed by atoms with van der Waals surface area (Å²) in [6, 6.07) is 1.85. The number of aliphatic hydroxyl groups excluding tert-OH is 1. The van der Waals surface area contributed by atoms with Crippen molar-refractivity contribution in [1.29, 1.82) is 0 Å². The zero-order valence-electron chi connectivity index (χ0n) is 15.1. The third-order valence-corrected chi connectivity index (χ3v) is 5.67. The molecule has 2 saturated heterocycles. The van der Waals surface area contributed by atoms with Gasteiger partial charge in [-0.3, -0.25) is 14.7 Å². The third-order valence-electron chi connectivity index (χ3n) is 5.67. The average molecular weight is 348 g/mol. The van der Waals surface area contributed by atoms with Crippen molar-refractivity contribution in [3.8, 4) is 0 Å². The highest BCUT2D eigenvalue weighted by atomic mass is 16.3. The van der Waals surface area contributed by atoms with Gasteiger partial charge in [-0.2, -0.15) is 5.10 Å². The Morgan fingerprint density at radius 1 is 1.36 bits per heavy atom. The lowest BCUT2D eigenvalue weighted by atomic mass is 9.72. The number of β-amino-alcohol motifs (C(OH)–C–C–N with tert-alkyl or cyclic N) is 1. The van der Waals surface area contributed by atoms with E-state index in [1.165, 1.54) is 0 Å². The van der Waals surface area contributed by atoms with Crippen LogP contribution >= 0.6 is 0 Å². The van der Waals surface area contributed by atoms with Gasteiger partial charge in [-0.15, -0.1) is 0 Å². The molecule has 2 N–H and O–H groups in total. The van der Waals surface area contributed by atoms with Crippen LogP contribution < -0.4 is 0 Å². The van der Waals surface area contributed by atoms with Crippen LogP contribution in [0.2, 0.25) is 0 Å². The van der Waals surface area contributed by atoms with E-state index in [1.54, 1.807) is 4.90 Å². The van der Waals surface area contributed by atoms with Crippen molar-refractivity contribution in [3.63, 3.8) is 0 Å². The molecule has 7 nitrogen and oxygen atoms in total. The number of nitrogens with zero attached hydrogens (tertiary/aromatic N) is 3. The second kappa shape index (κ2) is 7.15. The van der Waals surface area contributed by atoms with Gasteiger partial charge in [-0.25, -0.2) is 0 Å². The molecule has 0 aromatic carbocycles. The van der Waals surface area contributed by atoms with Crippen LogP contribution in [0.25, 0.3) is 0 Å². The Kier molecular flexibility index (Phi) is 5.13. The molecular formula is C18H28N4O3. The Balaban J connectivity index is 1.61. The fraction of sp³-hybridized carbons (Fsp3) is 0.722. The Morgan fingerprint density at radius 3 is 2.68 bits per heavy atom. The fourth-order valence-corrected chi connectivity index (χ4v) is 3.92. The molecule has 7 heteroatoms. The minimum atomic E-state index is -0.0166. The highest BCUT2D eigenvalue weighted by Crippen LogP contribution is 2.40. The third kappa shape index (κ3) is 3.71. The number of rotatable bonds is 4. The molecule has 2 aliphatic rings. The molecule has 1 aromatic rings. The average Bonchev–Trinajstić information content (AvgIpc) is 3.09. The Morgan fingerprint density at radius 2 is 2.08 bits per heavy atom. The van der Waals surface area contributed by atoms with E-state index in [0.29, 0.717) is 44.2 Å². The monoisotopic (exact) mass is 348 g/mol. The summed E-state index contributed by atoms with van der Waals surface area (Å²) < 4.78 is 0. The van der Waals surface area contributed by atoms with E-state index in [-0.39, 0.29) is 23.8 Å². The summed E-state index contributed by atoms with van der Waals surface area (Å²) in [6.07, 6.45) is 3.23. The summed E-state index contributed by atoms with van der Waals surface area (Å²) >= 11 is 0. The number of likely N-dealkylation sites (tertiary alicyclic amines) is 2. The molecule has 2 fully saturated rings. The second-order valence-electron chi connectivity index (χ2n) is 7.69. The number of H-pyrrole nitrogens is 1. The summed E-state index contributed by atoms with van der Waals surface area (Å²) in [4.78, 5) is 28.3. The molecule has 1 spiro atoms. The van der Waals surface area contributed by atoms with Crippen LogP contribution in [0.3, 0.4) is 0 Å². The lowest BCUT2D eigenvalue weighted by molar-refractivity contribution is -0.139. The molecule has 0 aliphatic carbocycles. The normalized spacial score (nSPS) is 20.6. The lowest BCUT2D eigenvalue weighted by Crippen LogP contribution is -2.52. The number of aliphatic hydroxyl groups is 1. The van der Waals surface area contributed by atoms with Crippen LogP contribution in [0.5, 0.6) is 0 Å². The van der Waals surface area contributed by atoms with Gasteiger partial charge in [0.1, 0.15) is 5.69 Å². The van der Waals surface area contributed by atoms with Crippen LogP contribution in [-0.4, -0.2) is 69.7 Å². The van der Waals surface area contributed by atoms with E-state index < -0.39 is 0 Å². The van der Waals surface area contributed by atoms with E-state index in [0.717, 1.165) is 25.0 Å². The molecule has 0 saturated carbocycles. The minimum absolute atomic E-state index is 0.00374. The summed E-state index contributed by atoms with van der Waals surface area (Å²) in [7, 11) is 0. The van der Waals surface area contributed by atoms with Gasteiger partial charge in [0.25, 0.3) is 5.91 Å². The zero-order valence-corrected chi connectivity index (χ0v) is 15.1. The van der Waals surface area contributed by atoms with Crippen LogP contribution in [0.1, 0.15) is 61.6 Å². The molecule has 138 valence electrons. The van der Waals surface area contributed by atoms with Gasteiger partial charge < -0.3 is 14.9 Å². The van der Waals surface area contributed by atoms with Crippen LogP contribution in [-0.2, 0) is 4.79 Å². The first-order chi connectivity index (χ1) is 11.9. The van der Waals surface area contributed by atoms with Crippen molar-refractivity contribution in [1.82, 2.24) is 20.0 Å². The molecule has 25 heavy (non-hydrogen) atoms. The molecule has 0 radical (unpaired) electrons. The van der Waals surface area contributed by atoms with Crippen molar-refractivity contribution in [2.24, 2.45) is 5.41 Å². The van der Waals surface area contributed by atoms with Gasteiger partial charge in [-0.1, -0.05) is 13.8 Å². The number of piperidine rings is 2. The number of aromatic nitrogens is 2. The number of amides is 2. The van der Waals surface area contributed by atoms with Gasteiger partial charge in [-0.05, 0) is 36.7 Å². The number of carbonyl (C=O) groups is 2. The molecule has 0 bridgehead atoms. The highest BCUT2D eigenvalue weighted by Gasteiger charge is 2.41. The standard InChI is InChI=1S/C18H28N4O3/c1-13(2)14-11-15(20-19-14)17(25)21-7-5-18(6-8-21)4-3-16(24)22(12-18)9-10-23/h11,13,23H,3-10,12H2,1-2H3,(H,19,20). The summed E-state index contributed by atoms with van der Waals surface area (Å²) in [6.45, 7) is 6.64. The summed E-state index contributed by atoms with van der Waals surface area (Å²) in [5.41, 5.74) is 1.55. The first kappa shape index (κ1) is 17.9. The molecule has 1 aromatic heterocycles. The van der Waals surface area contributed by atoms with E-state index in [1.807, 2.05) is 11.0 Å². The van der Waals surface area contributed by atoms with Crippen molar-refractivity contribution in [2.75, 3.05) is 32.8 Å². The van der Waals surface area contributed by atoms with Crippen LogP contribution in [0.15, 0.2) is 6.07 Å². The van der Waals surface area contributed by atoms with Gasteiger partial charge in [0.2, 0.25) is 5.91 Å². The first-order valence-electron chi connectivity index (χ1n) is 9.17. The van der Waals surface area contributed by atoms with E-state index in [2.05, 4.69) is 24.0 Å². The van der Waals surface area contributed by atoms with Crippen molar-refractivity contribution >= 4 is 11.8 Å². The molecular weight excluding hydrogens is 320 g/mol. The van der Waals surface area contributed by atoms with E-state index in [4.69, 9.17) is 5.11 Å². The molecule has 2 aliphatic heterocycles. The van der Waals surface area contributed by atoms with E-state index in [9.17, 15) is 9.59 Å². The Bertz CT molecular complexity index is 632. The molecule has 3 heterocycles. The maximum absolute atomic E-state index is 12.7. The second-order valence-corrected chi connectivity index (χ2v) is 7.69. The number of hydrogen-bond donors (Lipinski definition) is 2. The van der Waals surface area contributed by atoms with Gasteiger partial charge in [0.05, 0.1) is 6.61 Å². The molecule has 0 atom stereocenters. The van der Waals surface area contributed by atoms with Gasteiger partial charge in [0, 0.05) is 38.3 Å². The van der Waals surface area contributed by atoms with Gasteiger partial charge in [0.15, 0.2) is 0 Å². The summed E-state index contributed by atoms with van der Waals surface area (Å²) in [5.74, 6) is 0.434. The van der Waals surface area contributed by atoms with Crippen molar-refractivity contribution in [2.45, 2.75) is 45.4 Å². The fourth-order valence-electron chi connectivity index (χ4n) is 3.92. The molecule has 0 unspecified atom stereocenters. The van der Waals surface area contributed by atoms with Crippen molar-refractivity contribution in [3.05, 3.63) is 17.5 Å². The highest BCUT2D eigenvalue weighted by molar-refractivity contribution is 5.92. The maximum atomic E-state index is 12.7. The topological polar surface area (TPSA) is 89.5 Å². The number of nitrogens with one attached hydrogen (secondary N) is 1. The SMILES string of the molecule is CC(C)c1cc(C(=O)N2CCC3(CCC(=O)N(CCO)C3)CC2)n[nH]1. The number of hydrogen-bond acceptors (Lipinski definition) is 4. The minimum Gasteiger partial charge on any atom is -0.395 e. The quantitative estimate of drug-likeness (QED) is 0.860. The number of carbonyl (C=O) groups excluding carboxylic acids is 2.